The van der Waals surface area contributed by atoms with Gasteiger partial charge in [0.25, 0.3) is 5.91 Å². The predicted molar refractivity (Wildman–Crippen MR) is 108 cm³/mol. The Morgan fingerprint density at radius 3 is 2.24 bits per heavy atom. The molecule has 0 aliphatic heterocycles. The highest BCUT2D eigenvalue weighted by molar-refractivity contribution is 6.33. The number of alkyl halides is 3. The van der Waals surface area contributed by atoms with Gasteiger partial charge >= 0.3 is 6.18 Å². The molecule has 0 unspecified atom stereocenters. The van der Waals surface area contributed by atoms with E-state index in [1.165, 1.54) is 12.1 Å². The van der Waals surface area contributed by atoms with E-state index in [0.717, 1.165) is 19.9 Å². The molecular weight excluding hydrogens is 488 g/mol. The number of hydrogen-bond donors (Lipinski definition) is 5. The molecule has 34 heavy (non-hydrogen) atoms. The Labute approximate surface area is 195 Å². The van der Waals surface area contributed by atoms with Gasteiger partial charge in [0.2, 0.25) is 0 Å². The van der Waals surface area contributed by atoms with E-state index in [9.17, 15) is 43.1 Å². The summed E-state index contributed by atoms with van der Waals surface area (Å²) >= 11 is 5.96. The Hall–Kier alpha value is -2.49. The fourth-order valence-electron chi connectivity index (χ4n) is 3.42. The summed E-state index contributed by atoms with van der Waals surface area (Å²) in [6.07, 6.45) is -5.87. The molecule has 182 valence electrons. The van der Waals surface area contributed by atoms with Crippen LogP contribution in [0.15, 0.2) is 28.9 Å². The van der Waals surface area contributed by atoms with Gasteiger partial charge in [-0.1, -0.05) is 22.8 Å². The van der Waals surface area contributed by atoms with Crippen molar-refractivity contribution < 1.29 is 47.6 Å². The van der Waals surface area contributed by atoms with E-state index in [4.69, 9.17) is 24.0 Å². The van der Waals surface area contributed by atoms with Gasteiger partial charge in [0, 0.05) is 0 Å². The monoisotopic (exact) mass is 505 g/mol. The average Bonchev–Trinajstić information content (AvgIpc) is 3.23. The van der Waals surface area contributed by atoms with Crippen LogP contribution in [0, 0.1) is 5.82 Å². The first kappa shape index (κ1) is 26.1. The van der Waals surface area contributed by atoms with Gasteiger partial charge in [-0.25, -0.2) is 9.07 Å². The molecule has 0 fully saturated rings. The Kier molecular flexibility index (Phi) is 6.40. The quantitative estimate of drug-likeness (QED) is 0.194. The van der Waals surface area contributed by atoms with Crippen LogP contribution in [0.25, 0.3) is 22.6 Å². The third-order valence-corrected chi connectivity index (χ3v) is 4.87. The first-order chi connectivity index (χ1) is 15.3. The van der Waals surface area contributed by atoms with Crippen molar-refractivity contribution in [3.8, 4) is 22.6 Å². The molecule has 2 aromatic heterocycles. The zero-order valence-electron chi connectivity index (χ0n) is 17.5. The van der Waals surface area contributed by atoms with E-state index in [1.807, 2.05) is 0 Å². The lowest BCUT2D eigenvalue weighted by molar-refractivity contribution is -0.270. The zero-order valence-corrected chi connectivity index (χ0v) is 18.2. The van der Waals surface area contributed by atoms with Gasteiger partial charge in [-0.2, -0.15) is 18.3 Å². The Bertz CT molecular complexity index is 1190. The van der Waals surface area contributed by atoms with Crippen LogP contribution >= 0.6 is 11.6 Å². The summed E-state index contributed by atoms with van der Waals surface area (Å²) in [5, 5.41) is 57.1. The number of nitrogens with zero attached hydrogens (tertiary/aromatic N) is 3. The molecule has 1 aromatic carbocycles. The van der Waals surface area contributed by atoms with E-state index in [0.29, 0.717) is 6.20 Å². The minimum Gasteiger partial charge on any atom is -0.390 e. The number of aliphatic hydroxyl groups is 5. The van der Waals surface area contributed by atoms with Gasteiger partial charge in [0.15, 0.2) is 19.3 Å². The summed E-state index contributed by atoms with van der Waals surface area (Å²) in [5.74, 6) is -5.39. The van der Waals surface area contributed by atoms with Crippen LogP contribution in [0.3, 0.4) is 0 Å². The molecule has 5 N–H and O–H groups in total. The van der Waals surface area contributed by atoms with E-state index in [2.05, 4.69) is 10.3 Å². The van der Waals surface area contributed by atoms with Crippen molar-refractivity contribution in [1.82, 2.24) is 14.9 Å². The third-order valence-electron chi connectivity index (χ3n) is 4.55. The van der Waals surface area contributed by atoms with Gasteiger partial charge < -0.3 is 30.1 Å². The van der Waals surface area contributed by atoms with Gasteiger partial charge in [-0.15, -0.1) is 0 Å². The van der Waals surface area contributed by atoms with Crippen molar-refractivity contribution in [2.45, 2.75) is 43.6 Å². The second kappa shape index (κ2) is 8.32. The lowest BCUT2D eigenvalue weighted by atomic mass is 9.83. The van der Waals surface area contributed by atoms with Crippen molar-refractivity contribution >= 4 is 19.4 Å². The van der Waals surface area contributed by atoms with Crippen LogP contribution in [0.2, 0.25) is 5.02 Å². The molecule has 0 saturated heterocycles. The number of rotatable bonds is 6. The first-order valence-electron chi connectivity index (χ1n) is 9.36. The van der Waals surface area contributed by atoms with E-state index >= 15 is 0 Å². The highest BCUT2D eigenvalue weighted by Gasteiger charge is 2.47. The first-order valence-corrected chi connectivity index (χ1v) is 9.74. The Morgan fingerprint density at radius 2 is 1.74 bits per heavy atom. The Balaban J connectivity index is 2.34. The SMILES string of the molecule is [B]C(O)(O)c1c(-c2c(F)cccc2Cl)noc1-c1cnn(C(O)(O)CC(C)(C)O)c1C(F)(F)F. The molecule has 0 aliphatic rings. The molecule has 0 amide bonds. The van der Waals surface area contributed by atoms with Crippen molar-refractivity contribution in [2.75, 3.05) is 0 Å². The van der Waals surface area contributed by atoms with Crippen LogP contribution < -0.4 is 0 Å². The van der Waals surface area contributed by atoms with Gasteiger partial charge in [-0.3, -0.25) is 0 Å². The molecule has 15 heteroatoms. The molecule has 0 atom stereocenters. The van der Waals surface area contributed by atoms with Crippen molar-refractivity contribution in [3.63, 3.8) is 0 Å². The molecule has 3 rings (SSSR count). The second-order valence-corrected chi connectivity index (χ2v) is 8.55. The molecule has 0 aliphatic carbocycles. The summed E-state index contributed by atoms with van der Waals surface area (Å²) in [6.45, 7) is 2.23. The molecule has 0 spiro atoms. The molecule has 0 saturated carbocycles. The second-order valence-electron chi connectivity index (χ2n) is 8.14. The number of aromatic nitrogens is 3. The van der Waals surface area contributed by atoms with Crippen molar-refractivity contribution in [3.05, 3.63) is 46.5 Å². The lowest BCUT2D eigenvalue weighted by Gasteiger charge is -2.30. The molecular formula is C19H17BClF4N3O6. The maximum atomic E-state index is 14.4. The average molecular weight is 506 g/mol. The van der Waals surface area contributed by atoms with Crippen molar-refractivity contribution in [1.29, 1.82) is 0 Å². The lowest BCUT2D eigenvalue weighted by Crippen LogP contribution is -2.43. The Morgan fingerprint density at radius 1 is 1.12 bits per heavy atom. The number of hydrogen-bond acceptors (Lipinski definition) is 8. The third kappa shape index (κ3) is 4.97. The fraction of sp³-hybridized carbons (Fsp3) is 0.368. The molecule has 0 bridgehead atoms. The zero-order chi connectivity index (χ0) is 25.9. The van der Waals surface area contributed by atoms with Gasteiger partial charge in [-0.05, 0) is 26.0 Å². The molecule has 3 aromatic rings. The predicted octanol–water partition coefficient (Wildman–Crippen LogP) is 2.04. The van der Waals surface area contributed by atoms with E-state index in [1.54, 1.807) is 0 Å². The van der Waals surface area contributed by atoms with Gasteiger partial charge in [0.1, 0.15) is 17.2 Å². The summed E-state index contributed by atoms with van der Waals surface area (Å²) < 4.78 is 61.2. The topological polar surface area (TPSA) is 145 Å². The van der Waals surface area contributed by atoms with E-state index in [-0.39, 0.29) is 9.70 Å². The number of benzene rings is 1. The molecule has 2 heterocycles. The van der Waals surface area contributed by atoms with Gasteiger partial charge in [0.05, 0.1) is 39.9 Å². The highest BCUT2D eigenvalue weighted by Crippen LogP contribution is 2.45. The largest absolute Gasteiger partial charge is 0.433 e. The summed E-state index contributed by atoms with van der Waals surface area (Å²) in [7, 11) is 5.32. The smallest absolute Gasteiger partial charge is 0.390 e. The van der Waals surface area contributed by atoms with Crippen LogP contribution in [0.4, 0.5) is 17.6 Å². The standard InChI is InChI=1S/C19H17BClF4N3O6/c1-16(2,29)7-17(30,31)28-15(19(23,24)25)8(6-26-28)14-12(18(20,32)33)13(27-34-14)11-9(21)4-3-5-10(11)22/h3-6,29-33H,7H2,1-2H3. The minimum absolute atomic E-state index is 0.241. The van der Waals surface area contributed by atoms with Crippen LogP contribution in [0.1, 0.15) is 31.5 Å². The maximum absolute atomic E-state index is 14.4. The van der Waals surface area contributed by atoms with Crippen molar-refractivity contribution in [2.24, 2.45) is 0 Å². The summed E-state index contributed by atoms with van der Waals surface area (Å²) in [6, 6.07) is 3.34. The summed E-state index contributed by atoms with van der Waals surface area (Å²) in [5.41, 5.74) is -10.4. The van der Waals surface area contributed by atoms with Crippen LogP contribution in [0.5, 0.6) is 0 Å². The summed E-state index contributed by atoms with van der Waals surface area (Å²) in [4.78, 5) is 0. The minimum atomic E-state index is -5.33. The highest BCUT2D eigenvalue weighted by atomic mass is 35.5. The fourth-order valence-corrected chi connectivity index (χ4v) is 3.68. The molecule has 2 radical (unpaired) electrons. The van der Waals surface area contributed by atoms with E-state index < -0.39 is 69.5 Å². The normalized spacial score (nSPS) is 13.5. The number of halogens is 5. The van der Waals surface area contributed by atoms with Crippen LogP contribution in [-0.4, -0.2) is 53.9 Å². The maximum Gasteiger partial charge on any atom is 0.433 e. The van der Waals surface area contributed by atoms with Crippen LogP contribution in [-0.2, 0) is 17.8 Å². The molecule has 9 nitrogen and oxygen atoms in total.